The van der Waals surface area contributed by atoms with Crippen LogP contribution >= 0.6 is 11.6 Å². The topological polar surface area (TPSA) is 48.1 Å². The number of ether oxygens (including phenoxy) is 1. The van der Waals surface area contributed by atoms with Gasteiger partial charge < -0.3 is 10.5 Å². The summed E-state index contributed by atoms with van der Waals surface area (Å²) < 4.78 is 5.28. The standard InChI is InChI=1S/C13H13ClN2O/c1-17-12-5-3-2-4-10(12)13(15)11-8-9(14)6-7-16-11/h2-8,13H,15H2,1H3. The molecule has 0 fully saturated rings. The highest BCUT2D eigenvalue weighted by Gasteiger charge is 2.14. The second-order valence-corrected chi connectivity index (χ2v) is 4.05. The molecule has 0 saturated heterocycles. The summed E-state index contributed by atoms with van der Waals surface area (Å²) in [6.07, 6.45) is 1.65. The van der Waals surface area contributed by atoms with E-state index in [2.05, 4.69) is 4.98 Å². The first-order valence-electron chi connectivity index (χ1n) is 5.22. The second kappa shape index (κ2) is 5.17. The summed E-state index contributed by atoms with van der Waals surface area (Å²) in [4.78, 5) is 4.23. The van der Waals surface area contributed by atoms with Crippen molar-refractivity contribution >= 4 is 11.6 Å². The van der Waals surface area contributed by atoms with Gasteiger partial charge in [0.1, 0.15) is 5.75 Å². The van der Waals surface area contributed by atoms with Gasteiger partial charge in [-0.05, 0) is 18.2 Å². The lowest BCUT2D eigenvalue weighted by atomic mass is 10.0. The fourth-order valence-corrected chi connectivity index (χ4v) is 1.84. The average Bonchev–Trinajstić information content (AvgIpc) is 2.38. The molecule has 0 aliphatic heterocycles. The van der Waals surface area contributed by atoms with E-state index in [1.165, 1.54) is 0 Å². The summed E-state index contributed by atoms with van der Waals surface area (Å²) in [5.41, 5.74) is 7.78. The maximum Gasteiger partial charge on any atom is 0.124 e. The van der Waals surface area contributed by atoms with Crippen LogP contribution in [0.25, 0.3) is 0 Å². The number of benzene rings is 1. The van der Waals surface area contributed by atoms with E-state index in [-0.39, 0.29) is 6.04 Å². The molecule has 0 aliphatic rings. The molecule has 1 aromatic heterocycles. The SMILES string of the molecule is COc1ccccc1C(N)c1cc(Cl)ccn1. The van der Waals surface area contributed by atoms with Crippen molar-refractivity contribution in [1.29, 1.82) is 0 Å². The summed E-state index contributed by atoms with van der Waals surface area (Å²) in [5.74, 6) is 0.752. The molecule has 1 aromatic carbocycles. The van der Waals surface area contributed by atoms with Gasteiger partial charge >= 0.3 is 0 Å². The van der Waals surface area contributed by atoms with E-state index in [9.17, 15) is 0 Å². The third-order valence-corrected chi connectivity index (χ3v) is 2.77. The summed E-state index contributed by atoms with van der Waals surface area (Å²) >= 11 is 5.92. The summed E-state index contributed by atoms with van der Waals surface area (Å²) in [5, 5.41) is 0.625. The Hall–Kier alpha value is -1.58. The molecule has 17 heavy (non-hydrogen) atoms. The van der Waals surface area contributed by atoms with Crippen LogP contribution < -0.4 is 10.5 Å². The lowest BCUT2D eigenvalue weighted by molar-refractivity contribution is 0.407. The number of halogens is 1. The highest BCUT2D eigenvalue weighted by molar-refractivity contribution is 6.30. The number of para-hydroxylation sites is 1. The number of nitrogens with zero attached hydrogens (tertiary/aromatic N) is 1. The molecule has 88 valence electrons. The zero-order valence-electron chi connectivity index (χ0n) is 9.43. The van der Waals surface area contributed by atoms with Gasteiger partial charge in [0.05, 0.1) is 18.8 Å². The Kier molecular flexibility index (Phi) is 3.61. The van der Waals surface area contributed by atoms with Gasteiger partial charge in [0.25, 0.3) is 0 Å². The van der Waals surface area contributed by atoms with Gasteiger partial charge in [-0.1, -0.05) is 29.8 Å². The molecule has 4 heteroatoms. The summed E-state index contributed by atoms with van der Waals surface area (Å²) in [6, 6.07) is 10.8. The van der Waals surface area contributed by atoms with Crippen molar-refractivity contribution in [2.24, 2.45) is 5.73 Å². The Balaban J connectivity index is 2.40. The molecule has 0 spiro atoms. The highest BCUT2D eigenvalue weighted by Crippen LogP contribution is 2.27. The summed E-state index contributed by atoms with van der Waals surface area (Å²) in [7, 11) is 1.62. The van der Waals surface area contributed by atoms with Gasteiger partial charge in [-0.15, -0.1) is 0 Å². The third-order valence-electron chi connectivity index (χ3n) is 2.54. The number of hydrogen-bond acceptors (Lipinski definition) is 3. The Morgan fingerprint density at radius 3 is 2.76 bits per heavy atom. The molecule has 0 saturated carbocycles. The average molecular weight is 249 g/mol. The van der Waals surface area contributed by atoms with E-state index in [0.29, 0.717) is 5.02 Å². The minimum absolute atomic E-state index is 0.343. The number of hydrogen-bond donors (Lipinski definition) is 1. The normalized spacial score (nSPS) is 12.2. The molecule has 2 N–H and O–H groups in total. The van der Waals surface area contributed by atoms with Gasteiger partial charge in [0, 0.05) is 16.8 Å². The van der Waals surface area contributed by atoms with Crippen molar-refractivity contribution in [1.82, 2.24) is 4.98 Å². The molecule has 0 amide bonds. The predicted molar refractivity (Wildman–Crippen MR) is 68.3 cm³/mol. The third kappa shape index (κ3) is 2.57. The Labute approximate surface area is 105 Å². The van der Waals surface area contributed by atoms with Crippen LogP contribution in [0.3, 0.4) is 0 Å². The molecule has 1 atom stereocenters. The zero-order chi connectivity index (χ0) is 12.3. The van der Waals surface area contributed by atoms with E-state index >= 15 is 0 Å². The minimum Gasteiger partial charge on any atom is -0.496 e. The van der Waals surface area contributed by atoms with Gasteiger partial charge in [0.2, 0.25) is 0 Å². The van der Waals surface area contributed by atoms with Crippen LogP contribution in [0.2, 0.25) is 5.02 Å². The fraction of sp³-hybridized carbons (Fsp3) is 0.154. The maximum absolute atomic E-state index is 6.16. The molecule has 2 aromatic rings. The number of nitrogens with two attached hydrogens (primary N) is 1. The molecule has 0 radical (unpaired) electrons. The van der Waals surface area contributed by atoms with Crippen molar-refractivity contribution in [3.8, 4) is 5.75 Å². The molecule has 0 bridgehead atoms. The van der Waals surface area contributed by atoms with E-state index in [1.54, 1.807) is 25.4 Å². The van der Waals surface area contributed by atoms with Gasteiger partial charge in [-0.25, -0.2) is 0 Å². The number of rotatable bonds is 3. The molecule has 3 nitrogen and oxygen atoms in total. The smallest absolute Gasteiger partial charge is 0.124 e. The first-order chi connectivity index (χ1) is 8.22. The first kappa shape index (κ1) is 11.9. The molecular formula is C13H13ClN2O. The van der Waals surface area contributed by atoms with Crippen molar-refractivity contribution in [2.75, 3.05) is 7.11 Å². The maximum atomic E-state index is 6.16. The van der Waals surface area contributed by atoms with Gasteiger partial charge in [-0.2, -0.15) is 0 Å². The number of pyridine rings is 1. The molecular weight excluding hydrogens is 236 g/mol. The van der Waals surface area contributed by atoms with E-state index < -0.39 is 0 Å². The lowest BCUT2D eigenvalue weighted by Gasteiger charge is -2.15. The van der Waals surface area contributed by atoms with Crippen molar-refractivity contribution < 1.29 is 4.74 Å². The highest BCUT2D eigenvalue weighted by atomic mass is 35.5. The minimum atomic E-state index is -0.343. The summed E-state index contributed by atoms with van der Waals surface area (Å²) in [6.45, 7) is 0. The monoisotopic (exact) mass is 248 g/mol. The Morgan fingerprint density at radius 1 is 1.29 bits per heavy atom. The Morgan fingerprint density at radius 2 is 2.06 bits per heavy atom. The van der Waals surface area contributed by atoms with Crippen LogP contribution in [0.5, 0.6) is 5.75 Å². The molecule has 0 aliphatic carbocycles. The second-order valence-electron chi connectivity index (χ2n) is 3.62. The van der Waals surface area contributed by atoms with Crippen LogP contribution in [0, 0.1) is 0 Å². The molecule has 2 rings (SSSR count). The predicted octanol–water partition coefficient (Wildman–Crippen LogP) is 2.79. The van der Waals surface area contributed by atoms with Crippen molar-refractivity contribution in [2.45, 2.75) is 6.04 Å². The quantitative estimate of drug-likeness (QED) is 0.909. The Bertz CT molecular complexity index is 516. The number of aromatic nitrogens is 1. The zero-order valence-corrected chi connectivity index (χ0v) is 10.2. The van der Waals surface area contributed by atoms with Crippen LogP contribution in [-0.2, 0) is 0 Å². The largest absolute Gasteiger partial charge is 0.496 e. The lowest BCUT2D eigenvalue weighted by Crippen LogP contribution is -2.14. The van der Waals surface area contributed by atoms with Crippen molar-refractivity contribution in [3.63, 3.8) is 0 Å². The number of methoxy groups -OCH3 is 1. The fourth-order valence-electron chi connectivity index (χ4n) is 1.67. The van der Waals surface area contributed by atoms with E-state index in [1.807, 2.05) is 24.3 Å². The van der Waals surface area contributed by atoms with Crippen LogP contribution in [0.1, 0.15) is 17.3 Å². The van der Waals surface area contributed by atoms with Crippen molar-refractivity contribution in [3.05, 3.63) is 58.9 Å². The van der Waals surface area contributed by atoms with E-state index in [4.69, 9.17) is 22.1 Å². The van der Waals surface area contributed by atoms with Crippen LogP contribution in [-0.4, -0.2) is 12.1 Å². The first-order valence-corrected chi connectivity index (χ1v) is 5.60. The van der Waals surface area contributed by atoms with Gasteiger partial charge in [-0.3, -0.25) is 4.98 Å². The van der Waals surface area contributed by atoms with Crippen LogP contribution in [0.4, 0.5) is 0 Å². The molecule has 1 heterocycles. The van der Waals surface area contributed by atoms with Crippen LogP contribution in [0.15, 0.2) is 42.6 Å². The molecule has 1 unspecified atom stereocenters. The van der Waals surface area contributed by atoms with Gasteiger partial charge in [0.15, 0.2) is 0 Å². The van der Waals surface area contributed by atoms with E-state index in [0.717, 1.165) is 17.0 Å².